The number of nitrogens with one attached hydrogen (secondary N) is 1. The molecule has 0 aromatic heterocycles. The lowest BCUT2D eigenvalue weighted by Gasteiger charge is -2.35. The molecule has 4 unspecified atom stereocenters. The number of halogens is 1. The lowest BCUT2D eigenvalue weighted by Crippen LogP contribution is -2.44. The van der Waals surface area contributed by atoms with Gasteiger partial charge in [-0.1, -0.05) is 54.1 Å². The second-order valence-electron chi connectivity index (χ2n) is 8.46. The standard InChI is InChI=1S/C24H29ClN2O2/c1-16-13-27(14-17(2)29-16)15-19-9-7-18(8-10-19)12-26-24(28)22-11-21(22)20-5-3-4-6-23(20)25/h3-10,16-17,21-22H,11-15H2,1-2H3,(H,26,28). The molecule has 1 saturated heterocycles. The maximum Gasteiger partial charge on any atom is 0.224 e. The van der Waals surface area contributed by atoms with Gasteiger partial charge in [0.05, 0.1) is 12.2 Å². The van der Waals surface area contributed by atoms with Crippen molar-refractivity contribution in [1.29, 1.82) is 0 Å². The van der Waals surface area contributed by atoms with Crippen LogP contribution in [0.5, 0.6) is 0 Å². The number of hydrogen-bond acceptors (Lipinski definition) is 3. The first-order valence-electron chi connectivity index (χ1n) is 10.5. The molecule has 4 nitrogen and oxygen atoms in total. The van der Waals surface area contributed by atoms with E-state index in [9.17, 15) is 4.79 Å². The molecular formula is C24H29ClN2O2. The fourth-order valence-corrected chi connectivity index (χ4v) is 4.63. The molecule has 0 bridgehead atoms. The van der Waals surface area contributed by atoms with Crippen LogP contribution >= 0.6 is 11.6 Å². The van der Waals surface area contributed by atoms with E-state index in [2.05, 4.69) is 48.3 Å². The first-order valence-corrected chi connectivity index (χ1v) is 10.8. The van der Waals surface area contributed by atoms with E-state index in [1.807, 2.05) is 24.3 Å². The normalized spacial score (nSPS) is 26.9. The Kier molecular flexibility index (Phi) is 6.23. The minimum absolute atomic E-state index is 0.0412. The van der Waals surface area contributed by atoms with Gasteiger partial charge in [-0.15, -0.1) is 0 Å². The summed E-state index contributed by atoms with van der Waals surface area (Å²) in [5, 5.41) is 3.84. The Morgan fingerprint density at radius 2 is 1.72 bits per heavy atom. The predicted octanol–water partition coefficient (Wildman–Crippen LogP) is 4.37. The number of amides is 1. The Bertz CT molecular complexity index is 844. The van der Waals surface area contributed by atoms with Crippen LogP contribution < -0.4 is 5.32 Å². The van der Waals surface area contributed by atoms with Gasteiger partial charge in [-0.2, -0.15) is 0 Å². The molecule has 1 heterocycles. The van der Waals surface area contributed by atoms with E-state index in [0.717, 1.165) is 42.2 Å². The predicted molar refractivity (Wildman–Crippen MR) is 116 cm³/mol. The van der Waals surface area contributed by atoms with Crippen LogP contribution in [0.1, 0.15) is 42.9 Å². The zero-order valence-corrected chi connectivity index (χ0v) is 17.9. The number of benzene rings is 2. The first-order chi connectivity index (χ1) is 14.0. The fraction of sp³-hybridized carbons (Fsp3) is 0.458. The number of morpholine rings is 1. The maximum atomic E-state index is 12.5. The molecule has 5 heteroatoms. The summed E-state index contributed by atoms with van der Waals surface area (Å²) >= 11 is 6.26. The highest BCUT2D eigenvalue weighted by Gasteiger charge is 2.44. The minimum Gasteiger partial charge on any atom is -0.373 e. The zero-order chi connectivity index (χ0) is 20.4. The molecule has 2 aromatic carbocycles. The van der Waals surface area contributed by atoms with Crippen LogP contribution in [0.25, 0.3) is 0 Å². The van der Waals surface area contributed by atoms with Crippen LogP contribution in [0, 0.1) is 5.92 Å². The van der Waals surface area contributed by atoms with E-state index in [-0.39, 0.29) is 30.0 Å². The van der Waals surface area contributed by atoms with Crippen molar-refractivity contribution in [2.24, 2.45) is 5.92 Å². The fourth-order valence-electron chi connectivity index (χ4n) is 4.36. The number of rotatable bonds is 6. The van der Waals surface area contributed by atoms with Gasteiger partial charge in [0, 0.05) is 37.1 Å². The number of carbonyl (C=O) groups is 1. The molecular weight excluding hydrogens is 384 g/mol. The van der Waals surface area contributed by atoms with Gasteiger partial charge < -0.3 is 10.1 Å². The van der Waals surface area contributed by atoms with Gasteiger partial charge in [0.25, 0.3) is 0 Å². The van der Waals surface area contributed by atoms with Crippen LogP contribution in [0.3, 0.4) is 0 Å². The first kappa shape index (κ1) is 20.4. The van der Waals surface area contributed by atoms with Crippen molar-refractivity contribution in [2.75, 3.05) is 13.1 Å². The molecule has 1 aliphatic heterocycles. The molecule has 4 rings (SSSR count). The maximum absolute atomic E-state index is 12.5. The summed E-state index contributed by atoms with van der Waals surface area (Å²) in [4.78, 5) is 14.9. The molecule has 1 amide bonds. The van der Waals surface area contributed by atoms with Crippen molar-refractivity contribution in [2.45, 2.75) is 51.5 Å². The summed E-state index contributed by atoms with van der Waals surface area (Å²) in [6.07, 6.45) is 1.45. The molecule has 0 radical (unpaired) electrons. The van der Waals surface area contributed by atoms with Gasteiger partial charge in [0.15, 0.2) is 0 Å². The average Bonchev–Trinajstić information content (AvgIpc) is 3.47. The van der Waals surface area contributed by atoms with Gasteiger partial charge >= 0.3 is 0 Å². The summed E-state index contributed by atoms with van der Waals surface area (Å²) in [6, 6.07) is 16.4. The van der Waals surface area contributed by atoms with Crippen LogP contribution in [0.4, 0.5) is 0 Å². The van der Waals surface area contributed by atoms with Crippen molar-refractivity contribution < 1.29 is 9.53 Å². The molecule has 29 heavy (non-hydrogen) atoms. The van der Waals surface area contributed by atoms with Crippen LogP contribution in [-0.2, 0) is 22.6 Å². The average molecular weight is 413 g/mol. The topological polar surface area (TPSA) is 41.6 Å². The third-order valence-corrected chi connectivity index (χ3v) is 6.17. The lowest BCUT2D eigenvalue weighted by molar-refractivity contribution is -0.122. The molecule has 1 aliphatic carbocycles. The monoisotopic (exact) mass is 412 g/mol. The smallest absolute Gasteiger partial charge is 0.224 e. The Balaban J connectivity index is 1.25. The molecule has 2 aromatic rings. The molecule has 1 N–H and O–H groups in total. The lowest BCUT2D eigenvalue weighted by atomic mass is 10.1. The van der Waals surface area contributed by atoms with Crippen molar-refractivity contribution in [1.82, 2.24) is 10.2 Å². The molecule has 1 saturated carbocycles. The number of ether oxygens (including phenoxy) is 1. The Hall–Kier alpha value is -1.88. The van der Waals surface area contributed by atoms with Crippen molar-refractivity contribution in [3.8, 4) is 0 Å². The summed E-state index contributed by atoms with van der Waals surface area (Å²) in [5.74, 6) is 0.416. The van der Waals surface area contributed by atoms with Crippen molar-refractivity contribution in [3.05, 3.63) is 70.2 Å². The molecule has 154 valence electrons. The van der Waals surface area contributed by atoms with Crippen LogP contribution in [0.15, 0.2) is 48.5 Å². The second kappa shape index (κ2) is 8.86. The molecule has 4 atom stereocenters. The third kappa shape index (κ3) is 5.19. The Morgan fingerprint density at radius 3 is 2.41 bits per heavy atom. The van der Waals surface area contributed by atoms with Gasteiger partial charge in [-0.05, 0) is 48.9 Å². The largest absolute Gasteiger partial charge is 0.373 e. The molecule has 2 aliphatic rings. The number of carbonyl (C=O) groups excluding carboxylic acids is 1. The van der Waals surface area contributed by atoms with E-state index in [1.165, 1.54) is 5.56 Å². The summed E-state index contributed by atoms with van der Waals surface area (Å²) < 4.78 is 5.80. The highest BCUT2D eigenvalue weighted by Crippen LogP contribution is 2.49. The Labute approximate surface area is 178 Å². The van der Waals surface area contributed by atoms with E-state index in [4.69, 9.17) is 16.3 Å². The quantitative estimate of drug-likeness (QED) is 0.766. The van der Waals surface area contributed by atoms with E-state index < -0.39 is 0 Å². The van der Waals surface area contributed by atoms with E-state index in [1.54, 1.807) is 0 Å². The highest BCUT2D eigenvalue weighted by molar-refractivity contribution is 6.31. The zero-order valence-electron chi connectivity index (χ0n) is 17.1. The van der Waals surface area contributed by atoms with Crippen molar-refractivity contribution >= 4 is 17.5 Å². The van der Waals surface area contributed by atoms with Crippen molar-refractivity contribution in [3.63, 3.8) is 0 Å². The third-order valence-electron chi connectivity index (χ3n) is 5.82. The highest BCUT2D eigenvalue weighted by atomic mass is 35.5. The van der Waals surface area contributed by atoms with Crippen LogP contribution in [-0.4, -0.2) is 36.1 Å². The molecule has 0 spiro atoms. The van der Waals surface area contributed by atoms with Gasteiger partial charge in [0.2, 0.25) is 5.91 Å². The van der Waals surface area contributed by atoms with E-state index in [0.29, 0.717) is 6.54 Å². The Morgan fingerprint density at radius 1 is 1.07 bits per heavy atom. The summed E-state index contributed by atoms with van der Waals surface area (Å²) in [5.41, 5.74) is 3.51. The van der Waals surface area contributed by atoms with Gasteiger partial charge in [0.1, 0.15) is 0 Å². The molecule has 2 fully saturated rings. The minimum atomic E-state index is 0.0412. The van der Waals surface area contributed by atoms with Gasteiger partial charge in [-0.25, -0.2) is 0 Å². The van der Waals surface area contributed by atoms with E-state index >= 15 is 0 Å². The SMILES string of the molecule is CC1CN(Cc2ccc(CNC(=O)C3CC3c3ccccc3Cl)cc2)CC(C)O1. The second-order valence-corrected chi connectivity index (χ2v) is 8.86. The number of hydrogen-bond donors (Lipinski definition) is 1. The van der Waals surface area contributed by atoms with Gasteiger partial charge in [-0.3, -0.25) is 9.69 Å². The van der Waals surface area contributed by atoms with Crippen LogP contribution in [0.2, 0.25) is 5.02 Å². The summed E-state index contributed by atoms with van der Waals surface area (Å²) in [7, 11) is 0. The summed E-state index contributed by atoms with van der Waals surface area (Å²) in [6.45, 7) is 7.70. The number of nitrogens with zero attached hydrogens (tertiary/aromatic N) is 1.